The van der Waals surface area contributed by atoms with Crippen LogP contribution in [0.2, 0.25) is 0 Å². The molecule has 0 saturated carbocycles. The van der Waals surface area contributed by atoms with Gasteiger partial charge in [-0.1, -0.05) is 42.5 Å². The zero-order chi connectivity index (χ0) is 18.4. The first-order valence-corrected chi connectivity index (χ1v) is 9.48. The number of benzene rings is 3. The lowest BCUT2D eigenvalue weighted by molar-refractivity contribution is 0.290. The predicted molar refractivity (Wildman–Crippen MR) is 100 cm³/mol. The molecule has 0 aliphatic rings. The van der Waals surface area contributed by atoms with E-state index in [1.165, 1.54) is 7.11 Å². The summed E-state index contributed by atoms with van der Waals surface area (Å²) < 4.78 is 35.5. The molecule has 0 heterocycles. The molecule has 0 unspecified atom stereocenters. The number of rotatable bonds is 7. The van der Waals surface area contributed by atoms with Gasteiger partial charge in [0.05, 0.1) is 7.11 Å². The molecule has 0 spiro atoms. The highest BCUT2D eigenvalue weighted by Crippen LogP contribution is 2.51. The van der Waals surface area contributed by atoms with E-state index in [2.05, 4.69) is 0 Å². The van der Waals surface area contributed by atoms with Gasteiger partial charge in [0.2, 0.25) is 0 Å². The zero-order valence-electron chi connectivity index (χ0n) is 14.5. The molecule has 0 aromatic heterocycles. The summed E-state index contributed by atoms with van der Waals surface area (Å²) in [5.41, 5.74) is 0.983. The maximum Gasteiger partial charge on any atom is 0.647 e. The van der Waals surface area contributed by atoms with Crippen molar-refractivity contribution in [2.45, 2.75) is 6.92 Å². The van der Waals surface area contributed by atoms with Gasteiger partial charge >= 0.3 is 7.82 Å². The Morgan fingerprint density at radius 2 is 1.23 bits per heavy atom. The Bertz CT molecular complexity index is 851. The Balaban J connectivity index is 1.93. The van der Waals surface area contributed by atoms with Crippen molar-refractivity contribution in [3.8, 4) is 23.0 Å². The molecule has 3 aromatic rings. The van der Waals surface area contributed by atoms with Crippen LogP contribution in [0.1, 0.15) is 5.56 Å². The molecule has 5 nitrogen and oxygen atoms in total. The summed E-state index contributed by atoms with van der Waals surface area (Å²) in [6.07, 6.45) is 0. The van der Waals surface area contributed by atoms with Gasteiger partial charge in [-0.2, -0.15) is 4.57 Å². The van der Waals surface area contributed by atoms with Crippen molar-refractivity contribution >= 4 is 7.82 Å². The minimum Gasteiger partial charge on any atom is -0.493 e. The van der Waals surface area contributed by atoms with Gasteiger partial charge < -0.3 is 18.3 Å². The quantitative estimate of drug-likeness (QED) is 0.503. The van der Waals surface area contributed by atoms with Crippen LogP contribution in [0, 0.1) is 6.92 Å². The zero-order valence-corrected chi connectivity index (χ0v) is 15.4. The standard InChI is InChI=1S/C20H19O5P/c1-16-13-14-19(20(15-16)22-2)25-26(21,23-17-9-5-3-6-10-17)24-18-11-7-4-8-12-18/h3-15H,1-2H3. The van der Waals surface area contributed by atoms with Crippen LogP contribution in [0.5, 0.6) is 23.0 Å². The maximum absolute atomic E-state index is 13.4. The minimum absolute atomic E-state index is 0.272. The summed E-state index contributed by atoms with van der Waals surface area (Å²) in [7, 11) is -2.50. The minimum atomic E-state index is -4.02. The van der Waals surface area contributed by atoms with Crippen LogP contribution >= 0.6 is 7.82 Å². The maximum atomic E-state index is 13.4. The average Bonchev–Trinajstić information content (AvgIpc) is 2.64. The fourth-order valence-corrected chi connectivity index (χ4v) is 3.51. The molecule has 6 heteroatoms. The molecule has 0 atom stereocenters. The molecule has 3 rings (SSSR count). The molecule has 26 heavy (non-hydrogen) atoms. The van der Waals surface area contributed by atoms with Gasteiger partial charge in [-0.3, -0.25) is 0 Å². The van der Waals surface area contributed by atoms with Crippen molar-refractivity contribution in [3.05, 3.63) is 84.4 Å². The lowest BCUT2D eigenvalue weighted by atomic mass is 10.2. The van der Waals surface area contributed by atoms with E-state index in [0.29, 0.717) is 17.2 Å². The number of hydrogen-bond donors (Lipinski definition) is 0. The second-order valence-electron chi connectivity index (χ2n) is 5.50. The molecule has 0 N–H and O–H groups in total. The Morgan fingerprint density at radius 3 is 1.73 bits per heavy atom. The van der Waals surface area contributed by atoms with Crippen LogP contribution in [0.25, 0.3) is 0 Å². The third-order valence-corrected chi connectivity index (χ3v) is 4.74. The second-order valence-corrected chi connectivity index (χ2v) is 6.94. The van der Waals surface area contributed by atoms with Gasteiger partial charge in [0.1, 0.15) is 11.5 Å². The number of ether oxygens (including phenoxy) is 1. The highest BCUT2D eigenvalue weighted by molar-refractivity contribution is 7.49. The van der Waals surface area contributed by atoms with Crippen molar-refractivity contribution < 1.29 is 22.9 Å². The fraction of sp³-hybridized carbons (Fsp3) is 0.100. The van der Waals surface area contributed by atoms with Gasteiger partial charge in [0.25, 0.3) is 0 Å². The third kappa shape index (κ3) is 4.58. The van der Waals surface area contributed by atoms with Crippen molar-refractivity contribution in [2.75, 3.05) is 7.11 Å². The summed E-state index contributed by atoms with van der Waals surface area (Å²) in [4.78, 5) is 0. The topological polar surface area (TPSA) is 54.0 Å². The average molecular weight is 370 g/mol. The van der Waals surface area contributed by atoms with Gasteiger partial charge in [-0.25, -0.2) is 0 Å². The molecule has 0 bridgehead atoms. The number of phosphoric acid groups is 1. The van der Waals surface area contributed by atoms with E-state index in [9.17, 15) is 4.57 Å². The van der Waals surface area contributed by atoms with Crippen LogP contribution < -0.4 is 18.3 Å². The summed E-state index contributed by atoms with van der Waals surface area (Å²) in [6, 6.07) is 22.7. The highest BCUT2D eigenvalue weighted by atomic mass is 31.2. The third-order valence-electron chi connectivity index (χ3n) is 3.45. The number of phosphoric ester groups is 1. The van der Waals surface area contributed by atoms with Gasteiger partial charge in [0.15, 0.2) is 11.5 Å². The molecular formula is C20H19O5P. The van der Waals surface area contributed by atoms with E-state index in [1.54, 1.807) is 60.7 Å². The largest absolute Gasteiger partial charge is 0.647 e. The number of hydrogen-bond acceptors (Lipinski definition) is 5. The Morgan fingerprint density at radius 1 is 0.692 bits per heavy atom. The second kappa shape index (κ2) is 7.98. The van der Waals surface area contributed by atoms with Crippen molar-refractivity contribution in [3.63, 3.8) is 0 Å². The summed E-state index contributed by atoms with van der Waals surface area (Å²) >= 11 is 0. The first-order chi connectivity index (χ1) is 12.6. The van der Waals surface area contributed by atoms with E-state index in [1.807, 2.05) is 25.1 Å². The molecule has 0 saturated heterocycles. The number of aryl methyl sites for hydroxylation is 1. The fourth-order valence-electron chi connectivity index (χ4n) is 2.25. The lowest BCUT2D eigenvalue weighted by Crippen LogP contribution is -2.08. The van der Waals surface area contributed by atoms with Gasteiger partial charge in [-0.05, 0) is 48.9 Å². The predicted octanol–water partition coefficient (Wildman–Crippen LogP) is 5.65. The highest BCUT2D eigenvalue weighted by Gasteiger charge is 2.34. The van der Waals surface area contributed by atoms with E-state index in [-0.39, 0.29) is 5.75 Å². The van der Waals surface area contributed by atoms with Crippen LogP contribution in [0.3, 0.4) is 0 Å². The van der Waals surface area contributed by atoms with Crippen LogP contribution in [0.15, 0.2) is 78.9 Å². The first-order valence-electron chi connectivity index (χ1n) is 8.01. The summed E-state index contributed by atoms with van der Waals surface area (Å²) in [5, 5.41) is 0. The van der Waals surface area contributed by atoms with Crippen LogP contribution in [-0.2, 0) is 4.57 Å². The summed E-state index contributed by atoms with van der Waals surface area (Å²) in [6.45, 7) is 1.92. The summed E-state index contributed by atoms with van der Waals surface area (Å²) in [5.74, 6) is 1.46. The van der Waals surface area contributed by atoms with E-state index < -0.39 is 7.82 Å². The molecular weight excluding hydrogens is 351 g/mol. The number of para-hydroxylation sites is 2. The molecule has 0 fully saturated rings. The Hall–Kier alpha value is -2.91. The van der Waals surface area contributed by atoms with E-state index in [4.69, 9.17) is 18.3 Å². The van der Waals surface area contributed by atoms with Gasteiger partial charge in [0, 0.05) is 0 Å². The molecule has 134 valence electrons. The van der Waals surface area contributed by atoms with Crippen molar-refractivity contribution in [1.82, 2.24) is 0 Å². The van der Waals surface area contributed by atoms with E-state index in [0.717, 1.165) is 5.56 Å². The van der Waals surface area contributed by atoms with Crippen LogP contribution in [-0.4, -0.2) is 7.11 Å². The van der Waals surface area contributed by atoms with Crippen molar-refractivity contribution in [1.29, 1.82) is 0 Å². The molecule has 0 amide bonds. The molecule has 0 radical (unpaired) electrons. The first kappa shape index (κ1) is 17.9. The molecule has 0 aliphatic carbocycles. The Labute approximate surface area is 152 Å². The lowest BCUT2D eigenvalue weighted by Gasteiger charge is -2.20. The normalized spacial score (nSPS) is 10.8. The van der Waals surface area contributed by atoms with Crippen molar-refractivity contribution in [2.24, 2.45) is 0 Å². The monoisotopic (exact) mass is 370 g/mol. The van der Waals surface area contributed by atoms with E-state index >= 15 is 0 Å². The molecule has 3 aromatic carbocycles. The van der Waals surface area contributed by atoms with Gasteiger partial charge in [-0.15, -0.1) is 0 Å². The SMILES string of the molecule is COc1cc(C)ccc1OP(=O)(Oc1ccccc1)Oc1ccccc1. The van der Waals surface area contributed by atoms with Crippen LogP contribution in [0.4, 0.5) is 0 Å². The molecule has 0 aliphatic heterocycles. The Kier molecular flexibility index (Phi) is 5.49. The number of methoxy groups -OCH3 is 1. The smallest absolute Gasteiger partial charge is 0.493 e.